The van der Waals surface area contributed by atoms with Crippen LogP contribution in [0.5, 0.6) is 11.5 Å². The Morgan fingerprint density at radius 3 is 2.35 bits per heavy atom. The second kappa shape index (κ2) is 11.0. The fraction of sp³-hybridized carbons (Fsp3) is 0.273. The Morgan fingerprint density at radius 2 is 1.71 bits per heavy atom. The molecule has 0 unspecified atom stereocenters. The molecular weight excluding hydrogens is 461 g/mol. The minimum absolute atomic E-state index is 0.00329. The summed E-state index contributed by atoms with van der Waals surface area (Å²) in [5, 5.41) is 6.11. The van der Waals surface area contributed by atoms with Crippen LogP contribution in [0.25, 0.3) is 11.3 Å². The van der Waals surface area contributed by atoms with Gasteiger partial charge >= 0.3 is 13.0 Å². The van der Waals surface area contributed by atoms with Gasteiger partial charge in [-0.15, -0.1) is 13.2 Å². The highest BCUT2D eigenvalue weighted by Crippen LogP contribution is 2.29. The third-order valence-electron chi connectivity index (χ3n) is 4.28. The number of hydrogen-bond donors (Lipinski definition) is 2. The predicted molar refractivity (Wildman–Crippen MR) is 118 cm³/mol. The van der Waals surface area contributed by atoms with E-state index in [0.29, 0.717) is 35.9 Å². The SMILES string of the molecule is CN(C)CCNc1nc(Nc2ccc(OC(F)F)cc2)cc(-c2cccc(OC(F)(F)F)c2)n1. The molecule has 0 radical (unpaired) electrons. The number of alkyl halides is 5. The summed E-state index contributed by atoms with van der Waals surface area (Å²) in [6.07, 6.45) is -4.82. The van der Waals surface area contributed by atoms with Crippen LogP contribution in [0.4, 0.5) is 39.4 Å². The average Bonchev–Trinajstić information content (AvgIpc) is 2.73. The van der Waals surface area contributed by atoms with Gasteiger partial charge in [0.1, 0.15) is 17.3 Å². The largest absolute Gasteiger partial charge is 0.573 e. The number of ether oxygens (including phenoxy) is 2. The third kappa shape index (κ3) is 8.03. The standard InChI is InChI=1S/C22H22F5N5O2/c1-32(2)11-10-28-21-30-18(14-4-3-5-17(12-14)34-22(25,26)27)13-19(31-21)29-15-6-8-16(9-7-15)33-20(23)24/h3-9,12-13,20H,10-11H2,1-2H3,(H2,28,29,30,31). The van der Waals surface area contributed by atoms with E-state index in [0.717, 1.165) is 0 Å². The third-order valence-corrected chi connectivity index (χ3v) is 4.28. The van der Waals surface area contributed by atoms with Gasteiger partial charge in [0.2, 0.25) is 5.95 Å². The molecule has 2 aromatic carbocycles. The molecule has 0 spiro atoms. The number of hydrogen-bond acceptors (Lipinski definition) is 7. The number of nitrogens with zero attached hydrogens (tertiary/aromatic N) is 3. The quantitative estimate of drug-likeness (QED) is 0.376. The zero-order chi connectivity index (χ0) is 24.7. The van der Waals surface area contributed by atoms with Gasteiger partial charge in [-0.3, -0.25) is 0 Å². The molecule has 34 heavy (non-hydrogen) atoms. The molecule has 7 nitrogen and oxygen atoms in total. The van der Waals surface area contributed by atoms with Gasteiger partial charge in [0.15, 0.2) is 0 Å². The molecule has 12 heteroatoms. The summed E-state index contributed by atoms with van der Waals surface area (Å²) >= 11 is 0. The minimum atomic E-state index is -4.82. The summed E-state index contributed by atoms with van der Waals surface area (Å²) in [7, 11) is 3.80. The van der Waals surface area contributed by atoms with Gasteiger partial charge in [-0.05, 0) is 50.5 Å². The zero-order valence-corrected chi connectivity index (χ0v) is 18.2. The normalized spacial score (nSPS) is 11.6. The second-order valence-corrected chi connectivity index (χ2v) is 7.30. The van der Waals surface area contributed by atoms with E-state index in [1.165, 1.54) is 42.5 Å². The van der Waals surface area contributed by atoms with E-state index in [1.807, 2.05) is 19.0 Å². The fourth-order valence-electron chi connectivity index (χ4n) is 2.85. The number of aromatic nitrogens is 2. The number of likely N-dealkylation sites (N-methyl/N-ethyl adjacent to an activating group) is 1. The topological polar surface area (TPSA) is 71.5 Å². The van der Waals surface area contributed by atoms with E-state index in [-0.39, 0.29) is 17.4 Å². The van der Waals surface area contributed by atoms with Crippen LogP contribution in [0.3, 0.4) is 0 Å². The lowest BCUT2D eigenvalue weighted by Crippen LogP contribution is -2.21. The van der Waals surface area contributed by atoms with Crippen molar-refractivity contribution >= 4 is 17.5 Å². The smallest absolute Gasteiger partial charge is 0.435 e. The Morgan fingerprint density at radius 1 is 0.971 bits per heavy atom. The molecule has 0 saturated heterocycles. The summed E-state index contributed by atoms with van der Waals surface area (Å²) in [4.78, 5) is 10.8. The number of halogens is 5. The molecular formula is C22H22F5N5O2. The van der Waals surface area contributed by atoms with Crippen LogP contribution >= 0.6 is 0 Å². The van der Waals surface area contributed by atoms with Crippen molar-refractivity contribution in [3.05, 3.63) is 54.6 Å². The van der Waals surface area contributed by atoms with Gasteiger partial charge in [0.25, 0.3) is 0 Å². The molecule has 0 aliphatic rings. The summed E-state index contributed by atoms with van der Waals surface area (Å²) in [6, 6.07) is 12.8. The number of nitrogens with one attached hydrogen (secondary N) is 2. The summed E-state index contributed by atoms with van der Waals surface area (Å²) < 4.78 is 70.9. The minimum Gasteiger partial charge on any atom is -0.435 e. The summed E-state index contributed by atoms with van der Waals surface area (Å²) in [6.45, 7) is -1.72. The van der Waals surface area contributed by atoms with E-state index in [2.05, 4.69) is 30.1 Å². The van der Waals surface area contributed by atoms with E-state index in [9.17, 15) is 22.0 Å². The number of rotatable bonds is 10. The lowest BCUT2D eigenvalue weighted by atomic mass is 10.1. The molecule has 1 aromatic heterocycles. The van der Waals surface area contributed by atoms with Crippen molar-refractivity contribution in [3.8, 4) is 22.8 Å². The zero-order valence-electron chi connectivity index (χ0n) is 18.2. The second-order valence-electron chi connectivity index (χ2n) is 7.30. The van der Waals surface area contributed by atoms with Gasteiger partial charge in [0, 0.05) is 30.4 Å². The maximum absolute atomic E-state index is 12.6. The van der Waals surface area contributed by atoms with E-state index >= 15 is 0 Å². The van der Waals surface area contributed by atoms with Crippen molar-refractivity contribution in [1.82, 2.24) is 14.9 Å². The molecule has 0 aliphatic heterocycles. The van der Waals surface area contributed by atoms with Gasteiger partial charge in [-0.25, -0.2) is 4.98 Å². The van der Waals surface area contributed by atoms with Crippen LogP contribution in [0.1, 0.15) is 0 Å². The highest BCUT2D eigenvalue weighted by molar-refractivity contribution is 5.68. The average molecular weight is 483 g/mol. The van der Waals surface area contributed by atoms with Gasteiger partial charge < -0.3 is 25.0 Å². The van der Waals surface area contributed by atoms with Crippen molar-refractivity contribution in [2.24, 2.45) is 0 Å². The van der Waals surface area contributed by atoms with Gasteiger partial charge in [-0.2, -0.15) is 13.8 Å². The van der Waals surface area contributed by atoms with Crippen molar-refractivity contribution in [2.45, 2.75) is 13.0 Å². The maximum Gasteiger partial charge on any atom is 0.573 e. The molecule has 0 amide bonds. The van der Waals surface area contributed by atoms with Crippen LogP contribution in [0, 0.1) is 0 Å². The lowest BCUT2D eigenvalue weighted by molar-refractivity contribution is -0.274. The first kappa shape index (κ1) is 25.0. The number of benzene rings is 2. The Kier molecular flexibility index (Phi) is 8.05. The Balaban J connectivity index is 1.88. The van der Waals surface area contributed by atoms with Crippen LogP contribution < -0.4 is 20.1 Å². The van der Waals surface area contributed by atoms with E-state index < -0.39 is 13.0 Å². The molecule has 0 saturated carbocycles. The van der Waals surface area contributed by atoms with Crippen molar-refractivity contribution in [3.63, 3.8) is 0 Å². The molecule has 0 bridgehead atoms. The highest BCUT2D eigenvalue weighted by atomic mass is 19.4. The predicted octanol–water partition coefficient (Wildman–Crippen LogP) is 5.36. The Hall–Kier alpha value is -3.67. The van der Waals surface area contributed by atoms with Gasteiger partial charge in [0.05, 0.1) is 5.69 Å². The maximum atomic E-state index is 12.6. The van der Waals surface area contributed by atoms with Crippen LogP contribution in [0.15, 0.2) is 54.6 Å². The summed E-state index contributed by atoms with van der Waals surface area (Å²) in [5.41, 5.74) is 1.25. The number of anilines is 3. The molecule has 2 N–H and O–H groups in total. The highest BCUT2D eigenvalue weighted by Gasteiger charge is 2.31. The first-order valence-corrected chi connectivity index (χ1v) is 10.0. The summed E-state index contributed by atoms with van der Waals surface area (Å²) in [5.74, 6) is 0.204. The lowest BCUT2D eigenvalue weighted by Gasteiger charge is -2.14. The van der Waals surface area contributed by atoms with Crippen molar-refractivity contribution in [2.75, 3.05) is 37.8 Å². The first-order valence-electron chi connectivity index (χ1n) is 10.0. The molecule has 0 fully saturated rings. The fourth-order valence-corrected chi connectivity index (χ4v) is 2.85. The van der Waals surface area contributed by atoms with Crippen LogP contribution in [-0.4, -0.2) is 55.0 Å². The molecule has 3 aromatic rings. The Labute approximate surface area is 192 Å². The van der Waals surface area contributed by atoms with E-state index in [1.54, 1.807) is 12.1 Å². The molecule has 3 rings (SSSR count). The van der Waals surface area contributed by atoms with Crippen LogP contribution in [0.2, 0.25) is 0 Å². The van der Waals surface area contributed by atoms with Crippen molar-refractivity contribution < 1.29 is 31.4 Å². The van der Waals surface area contributed by atoms with E-state index in [4.69, 9.17) is 0 Å². The molecule has 0 aliphatic carbocycles. The monoisotopic (exact) mass is 483 g/mol. The Bertz CT molecular complexity index is 1080. The van der Waals surface area contributed by atoms with Crippen molar-refractivity contribution in [1.29, 1.82) is 0 Å². The first-order chi connectivity index (χ1) is 16.1. The van der Waals surface area contributed by atoms with Crippen LogP contribution in [-0.2, 0) is 0 Å². The molecule has 0 atom stereocenters. The molecule has 182 valence electrons. The molecule has 1 heterocycles. The van der Waals surface area contributed by atoms with Gasteiger partial charge in [-0.1, -0.05) is 12.1 Å².